The van der Waals surface area contributed by atoms with Crippen molar-refractivity contribution in [2.75, 3.05) is 13.7 Å². The van der Waals surface area contributed by atoms with E-state index in [9.17, 15) is 0 Å². The first-order valence-corrected chi connectivity index (χ1v) is 5.61. The number of alkyl halides is 1. The van der Waals surface area contributed by atoms with Crippen LogP contribution in [0, 0.1) is 0 Å². The molecule has 1 atom stereocenters. The number of allylic oxidation sites excluding steroid dienone is 1. The van der Waals surface area contributed by atoms with E-state index in [1.807, 2.05) is 18.2 Å². The minimum absolute atomic E-state index is 0.121. The van der Waals surface area contributed by atoms with Gasteiger partial charge in [-0.2, -0.15) is 0 Å². The van der Waals surface area contributed by atoms with Crippen molar-refractivity contribution >= 4 is 17.7 Å². The highest BCUT2D eigenvalue weighted by atomic mass is 35.5. The van der Waals surface area contributed by atoms with Gasteiger partial charge >= 0.3 is 0 Å². The first-order valence-electron chi connectivity index (χ1n) is 5.17. The summed E-state index contributed by atoms with van der Waals surface area (Å²) in [7, 11) is 1.68. The van der Waals surface area contributed by atoms with Gasteiger partial charge in [0.05, 0.1) is 12.0 Å². The molecule has 0 aliphatic carbocycles. The largest absolute Gasteiger partial charge is 0.383 e. The first kappa shape index (κ1) is 12.3. The van der Waals surface area contributed by atoms with Crippen LogP contribution in [0.3, 0.4) is 0 Å². The van der Waals surface area contributed by atoms with Crippen molar-refractivity contribution in [3.8, 4) is 0 Å². The average molecular weight is 225 g/mol. The van der Waals surface area contributed by atoms with Gasteiger partial charge < -0.3 is 4.74 Å². The molecule has 1 unspecified atom stereocenters. The van der Waals surface area contributed by atoms with Crippen LogP contribution in [0.4, 0.5) is 0 Å². The van der Waals surface area contributed by atoms with Gasteiger partial charge in [0.2, 0.25) is 0 Å². The molecule has 1 nitrogen and oxygen atoms in total. The maximum atomic E-state index is 6.00. The van der Waals surface area contributed by atoms with Crippen LogP contribution in [0.25, 0.3) is 6.08 Å². The molecule has 1 rings (SSSR count). The van der Waals surface area contributed by atoms with Gasteiger partial charge in [0.1, 0.15) is 0 Å². The molecule has 0 saturated heterocycles. The smallest absolute Gasteiger partial charge is 0.0626 e. The van der Waals surface area contributed by atoms with Gasteiger partial charge in [-0.05, 0) is 18.4 Å². The zero-order valence-electron chi connectivity index (χ0n) is 9.03. The van der Waals surface area contributed by atoms with Crippen molar-refractivity contribution in [3.63, 3.8) is 0 Å². The first-order chi connectivity index (χ1) is 7.33. The Hall–Kier alpha value is -0.790. The van der Waals surface area contributed by atoms with E-state index in [-0.39, 0.29) is 5.38 Å². The van der Waals surface area contributed by atoms with E-state index in [0.29, 0.717) is 6.61 Å². The maximum absolute atomic E-state index is 6.00. The van der Waals surface area contributed by atoms with Crippen LogP contribution in [0.5, 0.6) is 0 Å². The summed E-state index contributed by atoms with van der Waals surface area (Å²) in [6.45, 7) is 0.626. The number of ether oxygens (including phenoxy) is 1. The highest BCUT2D eigenvalue weighted by molar-refractivity contribution is 6.20. The zero-order valence-corrected chi connectivity index (χ0v) is 9.78. The normalized spacial score (nSPS) is 13.2. The third-order valence-corrected chi connectivity index (χ3v) is 2.45. The molecule has 0 radical (unpaired) electrons. The maximum Gasteiger partial charge on any atom is 0.0626 e. The summed E-state index contributed by atoms with van der Waals surface area (Å²) in [4.78, 5) is 0. The van der Waals surface area contributed by atoms with Gasteiger partial charge in [-0.1, -0.05) is 42.5 Å². The lowest BCUT2D eigenvalue weighted by Gasteiger charge is -2.04. The van der Waals surface area contributed by atoms with Crippen LogP contribution in [0.2, 0.25) is 0 Å². The molecular weight excluding hydrogens is 208 g/mol. The van der Waals surface area contributed by atoms with E-state index < -0.39 is 0 Å². The van der Waals surface area contributed by atoms with Gasteiger partial charge in [0, 0.05) is 7.11 Å². The molecule has 2 heteroatoms. The summed E-state index contributed by atoms with van der Waals surface area (Å²) in [5.41, 5.74) is 1.23. The predicted molar refractivity (Wildman–Crippen MR) is 66.2 cm³/mol. The second kappa shape index (κ2) is 7.49. The minimum atomic E-state index is 0.121. The molecule has 0 heterocycles. The van der Waals surface area contributed by atoms with Crippen LogP contribution >= 0.6 is 11.6 Å². The topological polar surface area (TPSA) is 9.23 Å². The van der Waals surface area contributed by atoms with Crippen molar-refractivity contribution < 1.29 is 4.74 Å². The molecule has 0 spiro atoms. The van der Waals surface area contributed by atoms with Crippen LogP contribution in [-0.2, 0) is 4.74 Å². The van der Waals surface area contributed by atoms with Crippen LogP contribution in [0.15, 0.2) is 36.4 Å². The lowest BCUT2D eigenvalue weighted by atomic mass is 10.1. The summed E-state index contributed by atoms with van der Waals surface area (Å²) in [5, 5.41) is 0.121. The molecule has 1 aromatic carbocycles. The Morgan fingerprint density at radius 3 is 2.73 bits per heavy atom. The van der Waals surface area contributed by atoms with Gasteiger partial charge in [-0.25, -0.2) is 0 Å². The molecular formula is C13H17ClO. The van der Waals surface area contributed by atoms with Crippen molar-refractivity contribution in [2.45, 2.75) is 18.2 Å². The molecule has 0 aliphatic rings. The van der Waals surface area contributed by atoms with Crippen LogP contribution < -0.4 is 0 Å². The molecule has 0 N–H and O–H groups in total. The lowest BCUT2D eigenvalue weighted by Crippen LogP contribution is -2.05. The number of rotatable bonds is 6. The molecule has 0 saturated carbocycles. The van der Waals surface area contributed by atoms with Crippen molar-refractivity contribution in [3.05, 3.63) is 42.0 Å². The Morgan fingerprint density at radius 1 is 1.33 bits per heavy atom. The molecule has 0 aromatic heterocycles. The van der Waals surface area contributed by atoms with Crippen molar-refractivity contribution in [1.82, 2.24) is 0 Å². The predicted octanol–water partition coefficient (Wildman–Crippen LogP) is 3.73. The van der Waals surface area contributed by atoms with E-state index >= 15 is 0 Å². The third-order valence-electron chi connectivity index (χ3n) is 2.10. The van der Waals surface area contributed by atoms with E-state index in [2.05, 4.69) is 24.3 Å². The standard InChI is InChI=1S/C13H17ClO/c1-15-11-13(14)10-6-5-9-12-7-3-2-4-8-12/h2-5,7-9,13H,6,10-11H2,1H3. The molecule has 0 aliphatic heterocycles. The van der Waals surface area contributed by atoms with Gasteiger partial charge in [0.25, 0.3) is 0 Å². The second-order valence-corrected chi connectivity index (χ2v) is 4.06. The number of hydrogen-bond acceptors (Lipinski definition) is 1. The fourth-order valence-electron chi connectivity index (χ4n) is 1.32. The van der Waals surface area contributed by atoms with Gasteiger partial charge in [-0.15, -0.1) is 11.6 Å². The summed E-state index contributed by atoms with van der Waals surface area (Å²) < 4.78 is 4.96. The summed E-state index contributed by atoms with van der Waals surface area (Å²) in [6.07, 6.45) is 6.22. The minimum Gasteiger partial charge on any atom is -0.383 e. The Kier molecular flexibility index (Phi) is 6.14. The van der Waals surface area contributed by atoms with E-state index in [0.717, 1.165) is 12.8 Å². The molecule has 82 valence electrons. The summed E-state index contributed by atoms with van der Waals surface area (Å²) in [5.74, 6) is 0. The second-order valence-electron chi connectivity index (χ2n) is 3.44. The molecule has 0 fully saturated rings. The Bertz CT molecular complexity index is 282. The van der Waals surface area contributed by atoms with Crippen molar-refractivity contribution in [2.24, 2.45) is 0 Å². The monoisotopic (exact) mass is 224 g/mol. The SMILES string of the molecule is COCC(Cl)CCC=Cc1ccccc1. The van der Waals surface area contributed by atoms with Gasteiger partial charge in [0.15, 0.2) is 0 Å². The Balaban J connectivity index is 2.23. The van der Waals surface area contributed by atoms with Gasteiger partial charge in [-0.3, -0.25) is 0 Å². The fraction of sp³-hybridized carbons (Fsp3) is 0.385. The molecule has 15 heavy (non-hydrogen) atoms. The molecule has 1 aromatic rings. The lowest BCUT2D eigenvalue weighted by molar-refractivity contribution is 0.196. The highest BCUT2D eigenvalue weighted by Crippen LogP contribution is 2.08. The summed E-state index contributed by atoms with van der Waals surface area (Å²) in [6, 6.07) is 10.3. The molecule has 0 bridgehead atoms. The van der Waals surface area contributed by atoms with E-state index in [1.165, 1.54) is 5.56 Å². The quantitative estimate of drug-likeness (QED) is 0.669. The number of benzene rings is 1. The number of hydrogen-bond donors (Lipinski definition) is 0. The number of halogens is 1. The summed E-state index contributed by atoms with van der Waals surface area (Å²) >= 11 is 6.00. The van der Waals surface area contributed by atoms with Crippen LogP contribution in [0.1, 0.15) is 18.4 Å². The van der Waals surface area contributed by atoms with E-state index in [4.69, 9.17) is 16.3 Å². The third kappa shape index (κ3) is 5.60. The zero-order chi connectivity index (χ0) is 10.9. The Morgan fingerprint density at radius 2 is 2.07 bits per heavy atom. The molecule has 0 amide bonds. The van der Waals surface area contributed by atoms with Crippen LogP contribution in [-0.4, -0.2) is 19.1 Å². The Labute approximate surface area is 96.7 Å². The van der Waals surface area contributed by atoms with E-state index in [1.54, 1.807) is 7.11 Å². The number of methoxy groups -OCH3 is 1. The van der Waals surface area contributed by atoms with Crippen molar-refractivity contribution in [1.29, 1.82) is 0 Å². The highest BCUT2D eigenvalue weighted by Gasteiger charge is 2.00. The average Bonchev–Trinajstić information content (AvgIpc) is 2.26. The fourth-order valence-corrected chi connectivity index (χ4v) is 1.58.